The second kappa shape index (κ2) is 5.83. The second-order valence-electron chi connectivity index (χ2n) is 4.84. The highest BCUT2D eigenvalue weighted by molar-refractivity contribution is 5.70. The zero-order valence-corrected chi connectivity index (χ0v) is 11.2. The Bertz CT molecular complexity index is 517. The van der Waals surface area contributed by atoms with Crippen LogP contribution in [0.1, 0.15) is 24.5 Å². The van der Waals surface area contributed by atoms with Crippen molar-refractivity contribution in [2.75, 3.05) is 0 Å². The molecule has 2 rings (SSSR count). The molecule has 0 heterocycles. The van der Waals surface area contributed by atoms with Gasteiger partial charge in [0.25, 0.3) is 0 Å². The number of nitrogens with two attached hydrogens (primary N) is 1. The van der Waals surface area contributed by atoms with Crippen LogP contribution in [0.2, 0.25) is 0 Å². The topological polar surface area (TPSA) is 26.0 Å². The van der Waals surface area contributed by atoms with Crippen molar-refractivity contribution in [1.29, 1.82) is 0 Å². The summed E-state index contributed by atoms with van der Waals surface area (Å²) < 4.78 is 0. The van der Waals surface area contributed by atoms with Gasteiger partial charge < -0.3 is 5.73 Å². The normalized spacial score (nSPS) is 12.4. The van der Waals surface area contributed by atoms with Crippen molar-refractivity contribution in [3.05, 3.63) is 59.7 Å². The summed E-state index contributed by atoms with van der Waals surface area (Å²) >= 11 is 0. The third kappa shape index (κ3) is 2.80. The number of benzene rings is 2. The Hall–Kier alpha value is -1.60. The third-order valence-corrected chi connectivity index (χ3v) is 3.46. The number of rotatable bonds is 4. The average molecular weight is 239 g/mol. The maximum Gasteiger partial charge on any atom is 0.00769 e. The van der Waals surface area contributed by atoms with Gasteiger partial charge in [-0.25, -0.2) is 0 Å². The standard InChI is InChI=1S/C17H21N/c1-3-15(18)12-14-9-5-7-11-17(14)16-10-6-4-8-13(16)2/h4-11,15H,3,12,18H2,1-2H3. The molecule has 1 unspecified atom stereocenters. The maximum absolute atomic E-state index is 6.09. The Kier molecular flexibility index (Phi) is 4.16. The molecule has 1 heteroatoms. The van der Waals surface area contributed by atoms with Gasteiger partial charge in [0.15, 0.2) is 0 Å². The van der Waals surface area contributed by atoms with E-state index in [1.807, 2.05) is 0 Å². The van der Waals surface area contributed by atoms with E-state index in [2.05, 4.69) is 62.4 Å². The summed E-state index contributed by atoms with van der Waals surface area (Å²) in [5.74, 6) is 0. The van der Waals surface area contributed by atoms with E-state index in [0.29, 0.717) is 0 Å². The van der Waals surface area contributed by atoms with Gasteiger partial charge in [-0.1, -0.05) is 55.5 Å². The van der Waals surface area contributed by atoms with Gasteiger partial charge in [-0.05, 0) is 42.0 Å². The Morgan fingerprint density at radius 2 is 1.56 bits per heavy atom. The van der Waals surface area contributed by atoms with Gasteiger partial charge in [-0.15, -0.1) is 0 Å². The predicted octanol–water partition coefficient (Wildman–Crippen LogP) is 3.94. The van der Waals surface area contributed by atoms with E-state index in [1.54, 1.807) is 0 Å². The number of aryl methyl sites for hydroxylation is 1. The van der Waals surface area contributed by atoms with Crippen molar-refractivity contribution >= 4 is 0 Å². The smallest absolute Gasteiger partial charge is 0.00769 e. The molecular formula is C17H21N. The van der Waals surface area contributed by atoms with Crippen LogP contribution in [0.3, 0.4) is 0 Å². The molecule has 0 aliphatic heterocycles. The van der Waals surface area contributed by atoms with Crippen LogP contribution < -0.4 is 5.73 Å². The molecule has 0 aromatic heterocycles. The van der Waals surface area contributed by atoms with Crippen molar-refractivity contribution in [1.82, 2.24) is 0 Å². The van der Waals surface area contributed by atoms with Gasteiger partial charge in [0.05, 0.1) is 0 Å². The van der Waals surface area contributed by atoms with Gasteiger partial charge >= 0.3 is 0 Å². The fraction of sp³-hybridized carbons (Fsp3) is 0.294. The van der Waals surface area contributed by atoms with Crippen LogP contribution in [0, 0.1) is 6.92 Å². The minimum atomic E-state index is 0.246. The molecule has 0 bridgehead atoms. The van der Waals surface area contributed by atoms with Crippen molar-refractivity contribution in [2.24, 2.45) is 5.73 Å². The van der Waals surface area contributed by atoms with E-state index < -0.39 is 0 Å². The van der Waals surface area contributed by atoms with E-state index in [-0.39, 0.29) is 6.04 Å². The van der Waals surface area contributed by atoms with E-state index in [0.717, 1.165) is 12.8 Å². The van der Waals surface area contributed by atoms with Crippen LogP contribution in [-0.2, 0) is 6.42 Å². The van der Waals surface area contributed by atoms with Crippen LogP contribution in [0.15, 0.2) is 48.5 Å². The first-order chi connectivity index (χ1) is 8.72. The maximum atomic E-state index is 6.09. The molecule has 18 heavy (non-hydrogen) atoms. The highest BCUT2D eigenvalue weighted by Crippen LogP contribution is 2.27. The Balaban J connectivity index is 2.42. The van der Waals surface area contributed by atoms with Gasteiger partial charge in [0, 0.05) is 6.04 Å². The Morgan fingerprint density at radius 3 is 2.22 bits per heavy atom. The molecule has 0 amide bonds. The summed E-state index contributed by atoms with van der Waals surface area (Å²) in [5, 5.41) is 0. The van der Waals surface area contributed by atoms with Crippen molar-refractivity contribution in [3.63, 3.8) is 0 Å². The van der Waals surface area contributed by atoms with E-state index in [4.69, 9.17) is 5.73 Å². The summed E-state index contributed by atoms with van der Waals surface area (Å²) in [5.41, 5.74) is 11.4. The predicted molar refractivity (Wildman–Crippen MR) is 78.6 cm³/mol. The lowest BCUT2D eigenvalue weighted by Crippen LogP contribution is -2.21. The molecule has 94 valence electrons. The molecule has 0 spiro atoms. The Morgan fingerprint density at radius 1 is 0.944 bits per heavy atom. The second-order valence-corrected chi connectivity index (χ2v) is 4.84. The van der Waals surface area contributed by atoms with Crippen LogP contribution in [0.5, 0.6) is 0 Å². The lowest BCUT2D eigenvalue weighted by Gasteiger charge is -2.15. The molecule has 0 aliphatic carbocycles. The molecule has 2 aromatic carbocycles. The first-order valence-electron chi connectivity index (χ1n) is 6.62. The van der Waals surface area contributed by atoms with Crippen LogP contribution >= 0.6 is 0 Å². The zero-order chi connectivity index (χ0) is 13.0. The minimum absolute atomic E-state index is 0.246. The summed E-state index contributed by atoms with van der Waals surface area (Å²) in [4.78, 5) is 0. The zero-order valence-electron chi connectivity index (χ0n) is 11.2. The highest BCUT2D eigenvalue weighted by Gasteiger charge is 2.09. The molecule has 1 nitrogen and oxygen atoms in total. The minimum Gasteiger partial charge on any atom is -0.327 e. The van der Waals surface area contributed by atoms with Crippen molar-refractivity contribution in [3.8, 4) is 11.1 Å². The fourth-order valence-corrected chi connectivity index (χ4v) is 2.26. The summed E-state index contributed by atoms with van der Waals surface area (Å²) in [6, 6.07) is 17.4. The van der Waals surface area contributed by atoms with Gasteiger partial charge in [-0.3, -0.25) is 0 Å². The molecule has 0 fully saturated rings. The molecule has 2 aromatic rings. The highest BCUT2D eigenvalue weighted by atomic mass is 14.6. The van der Waals surface area contributed by atoms with Gasteiger partial charge in [0.2, 0.25) is 0 Å². The number of hydrogen-bond acceptors (Lipinski definition) is 1. The fourth-order valence-electron chi connectivity index (χ4n) is 2.26. The first kappa shape index (κ1) is 12.8. The van der Waals surface area contributed by atoms with Crippen LogP contribution in [0.4, 0.5) is 0 Å². The molecule has 2 N–H and O–H groups in total. The van der Waals surface area contributed by atoms with Gasteiger partial charge in [-0.2, -0.15) is 0 Å². The van der Waals surface area contributed by atoms with Crippen LogP contribution in [0.25, 0.3) is 11.1 Å². The molecule has 0 radical (unpaired) electrons. The Labute approximate surface area is 110 Å². The molecule has 1 atom stereocenters. The summed E-state index contributed by atoms with van der Waals surface area (Å²) in [6.07, 6.45) is 1.96. The average Bonchev–Trinajstić information content (AvgIpc) is 2.40. The van der Waals surface area contributed by atoms with Crippen molar-refractivity contribution in [2.45, 2.75) is 32.7 Å². The summed E-state index contributed by atoms with van der Waals surface area (Å²) in [6.45, 7) is 4.30. The molecule has 0 saturated carbocycles. The molecule has 0 aliphatic rings. The SMILES string of the molecule is CCC(N)Cc1ccccc1-c1ccccc1C. The lowest BCUT2D eigenvalue weighted by atomic mass is 9.92. The van der Waals surface area contributed by atoms with E-state index >= 15 is 0 Å². The quantitative estimate of drug-likeness (QED) is 0.859. The lowest BCUT2D eigenvalue weighted by molar-refractivity contribution is 0.647. The largest absolute Gasteiger partial charge is 0.327 e. The first-order valence-corrected chi connectivity index (χ1v) is 6.62. The van der Waals surface area contributed by atoms with E-state index in [1.165, 1.54) is 22.3 Å². The third-order valence-electron chi connectivity index (χ3n) is 3.46. The molecule has 0 saturated heterocycles. The van der Waals surface area contributed by atoms with Crippen LogP contribution in [-0.4, -0.2) is 6.04 Å². The van der Waals surface area contributed by atoms with Crippen molar-refractivity contribution < 1.29 is 0 Å². The summed E-state index contributed by atoms with van der Waals surface area (Å²) in [7, 11) is 0. The van der Waals surface area contributed by atoms with Gasteiger partial charge in [0.1, 0.15) is 0 Å². The molecular weight excluding hydrogens is 218 g/mol. The monoisotopic (exact) mass is 239 g/mol. The van der Waals surface area contributed by atoms with E-state index in [9.17, 15) is 0 Å². The number of hydrogen-bond donors (Lipinski definition) is 1.